The number of amides is 3. The molecule has 1 N–H and O–H groups in total. The molecule has 0 radical (unpaired) electrons. The number of rotatable bonds is 4. The highest BCUT2D eigenvalue weighted by Crippen LogP contribution is 2.42. The Morgan fingerprint density at radius 3 is 2.89 bits per heavy atom. The lowest BCUT2D eigenvalue weighted by Crippen LogP contribution is -2.46. The number of Topliss-reactive ketones (excluding diaryl/α,β-unsaturated/α-hetero) is 1. The van der Waals surface area contributed by atoms with Crippen molar-refractivity contribution < 1.29 is 19.3 Å². The SMILES string of the molecule is Cc1ccc(C(=O)CN2C(=O)N[C@@]3(CCCc4sccc43)C2=O)cc1[N+](=O)[O-]. The molecule has 2 aliphatic rings. The van der Waals surface area contributed by atoms with E-state index in [1.54, 1.807) is 18.3 Å². The quantitative estimate of drug-likeness (QED) is 0.368. The van der Waals surface area contributed by atoms with Crippen LogP contribution >= 0.6 is 11.3 Å². The van der Waals surface area contributed by atoms with Crippen LogP contribution in [0.15, 0.2) is 29.6 Å². The summed E-state index contributed by atoms with van der Waals surface area (Å²) in [5.74, 6) is -0.961. The summed E-state index contributed by atoms with van der Waals surface area (Å²) in [5, 5.41) is 15.8. The summed E-state index contributed by atoms with van der Waals surface area (Å²) in [6.07, 6.45) is 2.12. The topological polar surface area (TPSA) is 110 Å². The normalized spacial score (nSPS) is 21.0. The van der Waals surface area contributed by atoms with Gasteiger partial charge in [-0.1, -0.05) is 12.1 Å². The molecule has 8 nitrogen and oxygen atoms in total. The van der Waals surface area contributed by atoms with E-state index in [-0.39, 0.29) is 11.3 Å². The van der Waals surface area contributed by atoms with Crippen molar-refractivity contribution in [2.45, 2.75) is 31.7 Å². The molecule has 3 amide bonds. The Labute approximate surface area is 164 Å². The largest absolute Gasteiger partial charge is 0.325 e. The third-order valence-corrected chi connectivity index (χ3v) is 6.35. The maximum atomic E-state index is 13.1. The number of carbonyl (C=O) groups is 3. The number of urea groups is 1. The first-order chi connectivity index (χ1) is 13.3. The zero-order valence-corrected chi connectivity index (χ0v) is 15.9. The van der Waals surface area contributed by atoms with Crippen molar-refractivity contribution in [2.75, 3.05) is 6.54 Å². The minimum atomic E-state index is -1.11. The Balaban J connectivity index is 1.61. The fraction of sp³-hybridized carbons (Fsp3) is 0.316. The third-order valence-electron chi connectivity index (χ3n) is 5.37. The predicted molar refractivity (Wildman–Crippen MR) is 101 cm³/mol. The van der Waals surface area contributed by atoms with E-state index in [1.165, 1.54) is 18.2 Å². The van der Waals surface area contributed by atoms with Gasteiger partial charge >= 0.3 is 6.03 Å². The summed E-state index contributed by atoms with van der Waals surface area (Å²) < 4.78 is 0. The minimum Gasteiger partial charge on any atom is -0.319 e. The van der Waals surface area contributed by atoms with Crippen LogP contribution in [0.4, 0.5) is 10.5 Å². The van der Waals surface area contributed by atoms with Gasteiger partial charge in [-0.15, -0.1) is 11.3 Å². The molecule has 2 heterocycles. The van der Waals surface area contributed by atoms with Crippen molar-refractivity contribution in [1.29, 1.82) is 0 Å². The van der Waals surface area contributed by atoms with Crippen molar-refractivity contribution in [2.24, 2.45) is 0 Å². The molecule has 1 aromatic carbocycles. The third kappa shape index (κ3) is 2.70. The van der Waals surface area contributed by atoms with Crippen LogP contribution < -0.4 is 5.32 Å². The highest BCUT2D eigenvalue weighted by atomic mass is 32.1. The van der Waals surface area contributed by atoms with Crippen LogP contribution in [0.5, 0.6) is 0 Å². The average molecular weight is 399 g/mol. The first-order valence-corrected chi connectivity index (χ1v) is 9.70. The van der Waals surface area contributed by atoms with Gasteiger partial charge in [0.25, 0.3) is 11.6 Å². The van der Waals surface area contributed by atoms with Gasteiger partial charge in [0.2, 0.25) is 0 Å². The molecule has 1 saturated heterocycles. The van der Waals surface area contributed by atoms with Crippen LogP contribution in [0.3, 0.4) is 0 Å². The summed E-state index contributed by atoms with van der Waals surface area (Å²) in [7, 11) is 0. The molecule has 28 heavy (non-hydrogen) atoms. The molecule has 1 aliphatic carbocycles. The first-order valence-electron chi connectivity index (χ1n) is 8.83. The summed E-state index contributed by atoms with van der Waals surface area (Å²) in [4.78, 5) is 50.8. The molecule has 1 aliphatic heterocycles. The lowest BCUT2D eigenvalue weighted by atomic mass is 9.80. The summed E-state index contributed by atoms with van der Waals surface area (Å²) in [5.41, 5.74) is 0.0589. The predicted octanol–water partition coefficient (Wildman–Crippen LogP) is 2.93. The molecular formula is C19H17N3O5S. The van der Waals surface area contributed by atoms with E-state index in [1.807, 2.05) is 11.4 Å². The highest BCUT2D eigenvalue weighted by Gasteiger charge is 2.54. The van der Waals surface area contributed by atoms with Crippen LogP contribution in [-0.4, -0.2) is 34.1 Å². The van der Waals surface area contributed by atoms with Gasteiger partial charge in [-0.3, -0.25) is 24.6 Å². The van der Waals surface area contributed by atoms with E-state index in [9.17, 15) is 24.5 Å². The van der Waals surface area contributed by atoms with Gasteiger partial charge in [0.05, 0.1) is 11.5 Å². The lowest BCUT2D eigenvalue weighted by molar-refractivity contribution is -0.385. The number of fused-ring (bicyclic) bond motifs is 2. The molecule has 4 rings (SSSR count). The second-order valence-electron chi connectivity index (χ2n) is 7.02. The standard InChI is InChI=1S/C19H17N3O5S/c1-11-4-5-12(9-14(11)22(26)27)15(23)10-21-17(24)19(20-18(21)25)7-2-3-16-13(19)6-8-28-16/h4-6,8-9H,2-3,7,10H2,1H3,(H,20,25)/t19-/m1/s1. The Morgan fingerprint density at radius 2 is 2.14 bits per heavy atom. The fourth-order valence-electron chi connectivity index (χ4n) is 3.90. The number of nitro benzene ring substituents is 1. The molecule has 0 unspecified atom stereocenters. The number of imide groups is 1. The molecule has 0 saturated carbocycles. The Morgan fingerprint density at radius 1 is 1.36 bits per heavy atom. The molecule has 9 heteroatoms. The minimum absolute atomic E-state index is 0.0960. The van der Waals surface area contributed by atoms with Gasteiger partial charge in [0.15, 0.2) is 5.78 Å². The van der Waals surface area contributed by atoms with Gasteiger partial charge in [-0.25, -0.2) is 4.79 Å². The summed E-state index contributed by atoms with van der Waals surface area (Å²) >= 11 is 1.55. The maximum absolute atomic E-state index is 13.1. The van der Waals surface area contributed by atoms with E-state index in [0.29, 0.717) is 12.0 Å². The van der Waals surface area contributed by atoms with Gasteiger partial charge in [-0.05, 0) is 37.6 Å². The van der Waals surface area contributed by atoms with Gasteiger partial charge < -0.3 is 5.32 Å². The number of aryl methyl sites for hydroxylation is 2. The van der Waals surface area contributed by atoms with Gasteiger partial charge in [0.1, 0.15) is 5.54 Å². The van der Waals surface area contributed by atoms with Crippen molar-refractivity contribution in [3.05, 3.63) is 61.3 Å². The number of carbonyl (C=O) groups excluding carboxylic acids is 3. The Bertz CT molecular complexity index is 1030. The first kappa shape index (κ1) is 18.3. The van der Waals surface area contributed by atoms with E-state index in [2.05, 4.69) is 5.32 Å². The molecule has 0 bridgehead atoms. The zero-order chi connectivity index (χ0) is 20.1. The Kier molecular flexibility index (Phi) is 4.26. The maximum Gasteiger partial charge on any atom is 0.325 e. The summed E-state index contributed by atoms with van der Waals surface area (Å²) in [6, 6.07) is 5.38. The molecule has 144 valence electrons. The Hall–Kier alpha value is -3.07. The number of benzene rings is 1. The number of hydrogen-bond acceptors (Lipinski definition) is 6. The number of nitro groups is 1. The number of ketones is 1. The van der Waals surface area contributed by atoms with Gasteiger partial charge in [0, 0.05) is 27.6 Å². The van der Waals surface area contributed by atoms with E-state index in [4.69, 9.17) is 0 Å². The van der Waals surface area contributed by atoms with E-state index >= 15 is 0 Å². The summed E-state index contributed by atoms with van der Waals surface area (Å²) in [6.45, 7) is 1.13. The van der Waals surface area contributed by atoms with Crippen LogP contribution in [-0.2, 0) is 16.8 Å². The second-order valence-corrected chi connectivity index (χ2v) is 8.02. The lowest BCUT2D eigenvalue weighted by Gasteiger charge is -2.31. The second kappa shape index (κ2) is 6.52. The molecular weight excluding hydrogens is 382 g/mol. The van der Waals surface area contributed by atoms with Crippen molar-refractivity contribution in [1.82, 2.24) is 10.2 Å². The monoisotopic (exact) mass is 399 g/mol. The number of hydrogen-bond donors (Lipinski definition) is 1. The van der Waals surface area contributed by atoms with Crippen molar-refractivity contribution in [3.63, 3.8) is 0 Å². The fourth-order valence-corrected chi connectivity index (χ4v) is 4.90. The smallest absolute Gasteiger partial charge is 0.319 e. The van der Waals surface area contributed by atoms with Crippen molar-refractivity contribution in [3.8, 4) is 0 Å². The molecule has 1 aromatic heterocycles. The van der Waals surface area contributed by atoms with Crippen LogP contribution in [0, 0.1) is 17.0 Å². The average Bonchev–Trinajstić information content (AvgIpc) is 3.22. The van der Waals surface area contributed by atoms with Crippen LogP contribution in [0.2, 0.25) is 0 Å². The van der Waals surface area contributed by atoms with Crippen LogP contribution in [0.1, 0.15) is 39.2 Å². The van der Waals surface area contributed by atoms with Crippen LogP contribution in [0.25, 0.3) is 0 Å². The number of nitrogens with one attached hydrogen (secondary N) is 1. The number of nitrogens with zero attached hydrogens (tertiary/aromatic N) is 2. The molecule has 1 atom stereocenters. The van der Waals surface area contributed by atoms with Gasteiger partial charge in [-0.2, -0.15) is 0 Å². The molecule has 1 fully saturated rings. The van der Waals surface area contributed by atoms with Crippen molar-refractivity contribution >= 4 is 34.7 Å². The molecule has 2 aromatic rings. The van der Waals surface area contributed by atoms with E-state index in [0.717, 1.165) is 28.2 Å². The molecule has 1 spiro atoms. The highest BCUT2D eigenvalue weighted by molar-refractivity contribution is 7.10. The van der Waals surface area contributed by atoms with E-state index < -0.39 is 34.7 Å². The number of thiophene rings is 1. The zero-order valence-electron chi connectivity index (χ0n) is 15.1.